The summed E-state index contributed by atoms with van der Waals surface area (Å²) in [5.74, 6) is -0.543. The number of benzene rings is 2. The predicted octanol–water partition coefficient (Wildman–Crippen LogP) is 4.53. The van der Waals surface area contributed by atoms with Gasteiger partial charge in [0.05, 0.1) is 24.0 Å². The van der Waals surface area contributed by atoms with E-state index in [1.807, 2.05) is 31.2 Å². The van der Waals surface area contributed by atoms with E-state index in [0.717, 1.165) is 28.9 Å². The normalized spacial score (nSPS) is 19.0. The van der Waals surface area contributed by atoms with Crippen molar-refractivity contribution in [2.24, 2.45) is 0 Å². The molecule has 142 valence electrons. The highest BCUT2D eigenvalue weighted by molar-refractivity contribution is 8.01. The molecule has 0 bridgehead atoms. The molecule has 0 fully saturated rings. The minimum absolute atomic E-state index is 0.243. The Hall–Kier alpha value is -2.18. The van der Waals surface area contributed by atoms with E-state index in [0.29, 0.717) is 10.7 Å². The summed E-state index contributed by atoms with van der Waals surface area (Å²) in [6.45, 7) is 2.04. The third-order valence-electron chi connectivity index (χ3n) is 4.53. The molecule has 2 unspecified atom stereocenters. The SMILES string of the molecule is CCc1c(OC)cccc1C1SC(CC(=O)O)C(=O)Nc2ccc(Cl)cc21. The van der Waals surface area contributed by atoms with E-state index < -0.39 is 11.2 Å². The predicted molar refractivity (Wildman–Crippen MR) is 108 cm³/mol. The van der Waals surface area contributed by atoms with Gasteiger partial charge in [-0.05, 0) is 47.4 Å². The lowest BCUT2D eigenvalue weighted by molar-refractivity contribution is -0.138. The lowest BCUT2D eigenvalue weighted by Crippen LogP contribution is -2.26. The molecule has 5 nitrogen and oxygen atoms in total. The minimum atomic E-state index is -1.01. The van der Waals surface area contributed by atoms with Gasteiger partial charge in [0.15, 0.2) is 0 Å². The molecule has 2 N–H and O–H groups in total. The summed E-state index contributed by atoms with van der Waals surface area (Å²) in [6.07, 6.45) is 0.497. The molecule has 2 aromatic rings. The van der Waals surface area contributed by atoms with Gasteiger partial charge in [-0.3, -0.25) is 9.59 Å². The van der Waals surface area contributed by atoms with Crippen LogP contribution in [-0.2, 0) is 16.0 Å². The number of carboxylic acid groups (broad SMARTS) is 1. The highest BCUT2D eigenvalue weighted by Crippen LogP contribution is 2.47. The Morgan fingerprint density at radius 2 is 2.07 bits per heavy atom. The molecular weight excluding hydrogens is 386 g/mol. The van der Waals surface area contributed by atoms with Crippen LogP contribution in [-0.4, -0.2) is 29.3 Å². The molecule has 0 aliphatic carbocycles. The molecule has 2 aromatic carbocycles. The molecule has 1 amide bonds. The average Bonchev–Trinajstić information content (AvgIpc) is 2.77. The van der Waals surface area contributed by atoms with Crippen LogP contribution >= 0.6 is 23.4 Å². The maximum atomic E-state index is 12.6. The summed E-state index contributed by atoms with van der Waals surface area (Å²) in [5.41, 5.74) is 3.54. The minimum Gasteiger partial charge on any atom is -0.496 e. The number of aliphatic carboxylic acids is 1. The van der Waals surface area contributed by atoms with Crippen molar-refractivity contribution in [2.75, 3.05) is 12.4 Å². The van der Waals surface area contributed by atoms with Crippen LogP contribution in [0.1, 0.15) is 35.3 Å². The number of fused-ring (bicyclic) bond motifs is 1. The Balaban J connectivity index is 2.18. The van der Waals surface area contributed by atoms with Crippen LogP contribution in [0.15, 0.2) is 36.4 Å². The molecule has 1 aliphatic heterocycles. The highest BCUT2D eigenvalue weighted by atomic mass is 35.5. The fourth-order valence-corrected chi connectivity index (χ4v) is 4.95. The first-order chi connectivity index (χ1) is 12.9. The Morgan fingerprint density at radius 3 is 2.74 bits per heavy atom. The number of hydrogen-bond donors (Lipinski definition) is 2. The summed E-state index contributed by atoms with van der Waals surface area (Å²) < 4.78 is 5.51. The van der Waals surface area contributed by atoms with Gasteiger partial charge >= 0.3 is 5.97 Å². The Labute approximate surface area is 167 Å². The van der Waals surface area contributed by atoms with Gasteiger partial charge in [-0.15, -0.1) is 11.8 Å². The molecule has 1 heterocycles. The smallest absolute Gasteiger partial charge is 0.305 e. The van der Waals surface area contributed by atoms with Gasteiger partial charge in [-0.2, -0.15) is 0 Å². The second-order valence-electron chi connectivity index (χ2n) is 6.21. The first kappa shape index (κ1) is 19.6. The van der Waals surface area contributed by atoms with E-state index in [4.69, 9.17) is 16.3 Å². The van der Waals surface area contributed by atoms with Crippen LogP contribution in [0, 0.1) is 0 Å². The van der Waals surface area contributed by atoms with Crippen molar-refractivity contribution in [1.29, 1.82) is 0 Å². The molecule has 0 spiro atoms. The second-order valence-corrected chi connectivity index (χ2v) is 7.95. The maximum absolute atomic E-state index is 12.6. The number of carbonyl (C=O) groups is 2. The lowest BCUT2D eigenvalue weighted by Gasteiger charge is -2.23. The van der Waals surface area contributed by atoms with Gasteiger partial charge in [0.1, 0.15) is 5.75 Å². The van der Waals surface area contributed by atoms with Gasteiger partial charge < -0.3 is 15.2 Å². The molecule has 3 rings (SSSR count). The number of halogens is 1. The van der Waals surface area contributed by atoms with Crippen LogP contribution in [0.5, 0.6) is 5.75 Å². The van der Waals surface area contributed by atoms with Gasteiger partial charge in [0.2, 0.25) is 5.91 Å². The number of ether oxygens (including phenoxy) is 1. The van der Waals surface area contributed by atoms with E-state index in [1.54, 1.807) is 19.2 Å². The molecule has 1 aliphatic rings. The number of anilines is 1. The van der Waals surface area contributed by atoms with Gasteiger partial charge in [0.25, 0.3) is 0 Å². The summed E-state index contributed by atoms with van der Waals surface area (Å²) in [5, 5.41) is 11.7. The summed E-state index contributed by atoms with van der Waals surface area (Å²) in [7, 11) is 1.63. The average molecular weight is 406 g/mol. The summed E-state index contributed by atoms with van der Waals surface area (Å²) in [6, 6.07) is 11.1. The van der Waals surface area contributed by atoms with Crippen molar-refractivity contribution >= 4 is 40.9 Å². The zero-order valence-corrected chi connectivity index (χ0v) is 16.6. The summed E-state index contributed by atoms with van der Waals surface area (Å²) in [4.78, 5) is 23.9. The van der Waals surface area contributed by atoms with Crippen molar-refractivity contribution in [3.8, 4) is 5.75 Å². The van der Waals surface area contributed by atoms with Crippen molar-refractivity contribution in [3.05, 3.63) is 58.1 Å². The van der Waals surface area contributed by atoms with Crippen molar-refractivity contribution in [1.82, 2.24) is 0 Å². The Bertz CT molecular complexity index is 886. The van der Waals surface area contributed by atoms with E-state index in [2.05, 4.69) is 5.32 Å². The van der Waals surface area contributed by atoms with Crippen molar-refractivity contribution in [3.63, 3.8) is 0 Å². The maximum Gasteiger partial charge on any atom is 0.305 e. The quantitative estimate of drug-likeness (QED) is 0.764. The number of nitrogens with one attached hydrogen (secondary N) is 1. The largest absolute Gasteiger partial charge is 0.496 e. The molecule has 0 aromatic heterocycles. The van der Waals surface area contributed by atoms with Gasteiger partial charge in [0, 0.05) is 10.7 Å². The first-order valence-electron chi connectivity index (χ1n) is 8.58. The Kier molecular flexibility index (Phi) is 5.97. The summed E-state index contributed by atoms with van der Waals surface area (Å²) >= 11 is 7.57. The van der Waals surface area contributed by atoms with E-state index in [9.17, 15) is 14.7 Å². The molecule has 2 atom stereocenters. The number of methoxy groups -OCH3 is 1. The van der Waals surface area contributed by atoms with Crippen LogP contribution in [0.25, 0.3) is 0 Å². The third-order valence-corrected chi connectivity index (χ3v) is 6.26. The number of carbonyl (C=O) groups excluding carboxylic acids is 1. The molecule has 7 heteroatoms. The lowest BCUT2D eigenvalue weighted by atomic mass is 9.96. The Morgan fingerprint density at radius 1 is 1.30 bits per heavy atom. The zero-order valence-electron chi connectivity index (χ0n) is 15.0. The monoisotopic (exact) mass is 405 g/mol. The van der Waals surface area contributed by atoms with E-state index in [1.165, 1.54) is 11.8 Å². The molecule has 0 radical (unpaired) electrons. The van der Waals surface area contributed by atoms with Crippen molar-refractivity contribution in [2.45, 2.75) is 30.3 Å². The number of thioether (sulfide) groups is 1. The number of hydrogen-bond acceptors (Lipinski definition) is 4. The molecule has 27 heavy (non-hydrogen) atoms. The molecule has 0 saturated heterocycles. The van der Waals surface area contributed by atoms with Gasteiger partial charge in [-0.1, -0.05) is 30.7 Å². The van der Waals surface area contributed by atoms with E-state index >= 15 is 0 Å². The van der Waals surface area contributed by atoms with Crippen LogP contribution in [0.3, 0.4) is 0 Å². The van der Waals surface area contributed by atoms with Crippen LogP contribution in [0.2, 0.25) is 5.02 Å². The van der Waals surface area contributed by atoms with E-state index in [-0.39, 0.29) is 17.6 Å². The third kappa shape index (κ3) is 4.06. The fraction of sp³-hybridized carbons (Fsp3) is 0.300. The fourth-order valence-electron chi connectivity index (χ4n) is 3.32. The molecular formula is C20H20ClNO4S. The van der Waals surface area contributed by atoms with Crippen molar-refractivity contribution < 1.29 is 19.4 Å². The van der Waals surface area contributed by atoms with Crippen LogP contribution in [0.4, 0.5) is 5.69 Å². The molecule has 0 saturated carbocycles. The standard InChI is InChI=1S/C20H20ClNO4S/c1-3-12-13(5-4-6-16(12)26-2)19-14-9-11(21)7-8-15(14)22-20(25)17(27-19)10-18(23)24/h4-9,17,19H,3,10H2,1-2H3,(H,22,25)(H,23,24). The topological polar surface area (TPSA) is 75.6 Å². The number of amides is 1. The van der Waals surface area contributed by atoms with Crippen LogP contribution < -0.4 is 10.1 Å². The number of rotatable bonds is 5. The zero-order chi connectivity index (χ0) is 19.6. The highest BCUT2D eigenvalue weighted by Gasteiger charge is 2.34. The first-order valence-corrected chi connectivity index (χ1v) is 9.90. The number of carboxylic acids is 1. The van der Waals surface area contributed by atoms with Gasteiger partial charge in [-0.25, -0.2) is 0 Å². The second kappa shape index (κ2) is 8.23.